The Morgan fingerprint density at radius 2 is 2.14 bits per heavy atom. The number of aliphatic hydroxyl groups excluding tert-OH is 1. The highest BCUT2D eigenvalue weighted by molar-refractivity contribution is 5.75. The normalized spacial score (nSPS) is 29.2. The second-order valence-corrected chi connectivity index (χ2v) is 3.21. The van der Waals surface area contributed by atoms with Crippen LogP contribution in [0.4, 0.5) is 13.2 Å². The summed E-state index contributed by atoms with van der Waals surface area (Å²) in [6.07, 6.45) is -5.44. The third kappa shape index (κ3) is 2.58. The molecule has 1 aliphatic rings. The van der Waals surface area contributed by atoms with Gasteiger partial charge in [-0.25, -0.2) is 4.79 Å². The third-order valence-electron chi connectivity index (χ3n) is 1.93. The number of aliphatic hydroxyl groups is 1. The molecule has 7 heteroatoms. The standard InChI is InChI=1S/C7H10F3NO3/c1-4-2-5(12)3-11(4)14-6(13)7(8,9)10/h4-5,12H,2-3H2,1H3/t4-,5-/m1/s1. The number of hydrogen-bond donors (Lipinski definition) is 1. The maximum Gasteiger partial charge on any atom is 0.492 e. The summed E-state index contributed by atoms with van der Waals surface area (Å²) < 4.78 is 35.3. The molecule has 0 amide bonds. The van der Waals surface area contributed by atoms with Crippen LogP contribution in [0.25, 0.3) is 0 Å². The van der Waals surface area contributed by atoms with Gasteiger partial charge in [-0.15, -0.1) is 5.06 Å². The van der Waals surface area contributed by atoms with Gasteiger partial charge in [-0.05, 0) is 13.3 Å². The van der Waals surface area contributed by atoms with Gasteiger partial charge in [-0.1, -0.05) is 0 Å². The molecule has 0 aromatic heterocycles. The highest BCUT2D eigenvalue weighted by atomic mass is 19.4. The van der Waals surface area contributed by atoms with Crippen molar-refractivity contribution in [2.45, 2.75) is 31.7 Å². The fraction of sp³-hybridized carbons (Fsp3) is 0.857. The minimum absolute atomic E-state index is 0.0804. The number of β-amino-alcohol motifs (C(OH)–C–C–N with tert-alkyl or cyclic N) is 1. The fourth-order valence-electron chi connectivity index (χ4n) is 1.26. The van der Waals surface area contributed by atoms with Gasteiger partial charge in [0.15, 0.2) is 0 Å². The van der Waals surface area contributed by atoms with E-state index in [4.69, 9.17) is 5.11 Å². The van der Waals surface area contributed by atoms with E-state index in [9.17, 15) is 18.0 Å². The first-order chi connectivity index (χ1) is 6.30. The van der Waals surface area contributed by atoms with Gasteiger partial charge in [-0.3, -0.25) is 0 Å². The first-order valence-electron chi connectivity index (χ1n) is 4.04. The number of hydrogen-bond acceptors (Lipinski definition) is 4. The lowest BCUT2D eigenvalue weighted by Crippen LogP contribution is -2.36. The summed E-state index contributed by atoms with van der Waals surface area (Å²) in [6.45, 7) is 1.49. The summed E-state index contributed by atoms with van der Waals surface area (Å²) in [5.74, 6) is -2.25. The zero-order chi connectivity index (χ0) is 10.9. The van der Waals surface area contributed by atoms with Crippen LogP contribution in [0.1, 0.15) is 13.3 Å². The second kappa shape index (κ2) is 3.74. The van der Waals surface area contributed by atoms with Gasteiger partial charge in [0.1, 0.15) is 0 Å². The summed E-state index contributed by atoms with van der Waals surface area (Å²) in [7, 11) is 0. The molecule has 1 rings (SSSR count). The molecule has 1 fully saturated rings. The third-order valence-corrected chi connectivity index (χ3v) is 1.93. The lowest BCUT2D eigenvalue weighted by molar-refractivity contribution is -0.241. The molecular formula is C7H10F3NO3. The van der Waals surface area contributed by atoms with Crippen molar-refractivity contribution in [2.75, 3.05) is 6.54 Å². The van der Waals surface area contributed by atoms with Crippen molar-refractivity contribution in [3.63, 3.8) is 0 Å². The zero-order valence-corrected chi connectivity index (χ0v) is 7.41. The molecule has 2 atom stereocenters. The Kier molecular flexibility index (Phi) is 3.01. The Hall–Kier alpha value is -0.820. The van der Waals surface area contributed by atoms with E-state index in [1.165, 1.54) is 0 Å². The van der Waals surface area contributed by atoms with Gasteiger partial charge in [0.25, 0.3) is 0 Å². The molecule has 0 aromatic rings. The molecule has 82 valence electrons. The molecule has 1 saturated heterocycles. The summed E-state index contributed by atoms with van der Waals surface area (Å²) in [6, 6.07) is -0.392. The minimum atomic E-state index is -4.99. The van der Waals surface area contributed by atoms with E-state index in [2.05, 4.69) is 4.84 Å². The van der Waals surface area contributed by atoms with E-state index < -0.39 is 24.3 Å². The Morgan fingerprint density at radius 3 is 2.50 bits per heavy atom. The van der Waals surface area contributed by atoms with Crippen molar-refractivity contribution in [1.29, 1.82) is 0 Å². The van der Waals surface area contributed by atoms with E-state index in [1.54, 1.807) is 6.92 Å². The van der Waals surface area contributed by atoms with Gasteiger partial charge in [0.05, 0.1) is 12.6 Å². The quantitative estimate of drug-likeness (QED) is 0.687. The molecule has 0 radical (unpaired) electrons. The van der Waals surface area contributed by atoms with E-state index >= 15 is 0 Å². The number of nitrogens with zero attached hydrogens (tertiary/aromatic N) is 1. The van der Waals surface area contributed by atoms with Gasteiger partial charge in [0, 0.05) is 6.04 Å². The fourth-order valence-corrected chi connectivity index (χ4v) is 1.26. The number of alkyl halides is 3. The number of rotatable bonds is 1. The highest BCUT2D eigenvalue weighted by Crippen LogP contribution is 2.22. The van der Waals surface area contributed by atoms with Crippen LogP contribution in [0.2, 0.25) is 0 Å². The smallest absolute Gasteiger partial charge is 0.392 e. The Labute approximate surface area is 78.2 Å². The van der Waals surface area contributed by atoms with E-state index in [0.717, 1.165) is 5.06 Å². The summed E-state index contributed by atoms with van der Waals surface area (Å²) in [5, 5.41) is 9.92. The maximum atomic E-state index is 11.8. The predicted molar refractivity (Wildman–Crippen MR) is 38.9 cm³/mol. The SMILES string of the molecule is C[C@@H]1C[C@@H](O)CN1OC(=O)C(F)(F)F. The molecule has 1 N–H and O–H groups in total. The van der Waals surface area contributed by atoms with Crippen LogP contribution >= 0.6 is 0 Å². The lowest BCUT2D eigenvalue weighted by Gasteiger charge is -2.19. The van der Waals surface area contributed by atoms with Crippen molar-refractivity contribution in [3.05, 3.63) is 0 Å². The van der Waals surface area contributed by atoms with Gasteiger partial charge >= 0.3 is 12.1 Å². The number of hydroxylamine groups is 2. The molecular weight excluding hydrogens is 203 g/mol. The zero-order valence-electron chi connectivity index (χ0n) is 7.41. The van der Waals surface area contributed by atoms with Gasteiger partial charge in [-0.2, -0.15) is 13.2 Å². The van der Waals surface area contributed by atoms with Crippen LogP contribution in [0.5, 0.6) is 0 Å². The van der Waals surface area contributed by atoms with Gasteiger partial charge in [0.2, 0.25) is 0 Å². The maximum absolute atomic E-state index is 11.8. The van der Waals surface area contributed by atoms with Crippen LogP contribution in [0, 0.1) is 0 Å². The first kappa shape index (κ1) is 11.3. The molecule has 4 nitrogen and oxygen atoms in total. The van der Waals surface area contributed by atoms with Crippen LogP contribution < -0.4 is 0 Å². The lowest BCUT2D eigenvalue weighted by atomic mass is 10.2. The molecule has 14 heavy (non-hydrogen) atoms. The molecule has 0 aliphatic carbocycles. The Morgan fingerprint density at radius 1 is 1.57 bits per heavy atom. The summed E-state index contributed by atoms with van der Waals surface area (Å²) in [5.41, 5.74) is 0. The molecule has 1 aliphatic heterocycles. The average Bonchev–Trinajstić information content (AvgIpc) is 2.28. The van der Waals surface area contributed by atoms with E-state index in [0.29, 0.717) is 6.42 Å². The van der Waals surface area contributed by atoms with Crippen molar-refractivity contribution in [2.24, 2.45) is 0 Å². The minimum Gasteiger partial charge on any atom is -0.392 e. The number of halogens is 3. The Bertz CT molecular complexity index is 231. The Balaban J connectivity index is 2.49. The van der Waals surface area contributed by atoms with Crippen LogP contribution in [-0.4, -0.2) is 41.0 Å². The molecule has 1 heterocycles. The van der Waals surface area contributed by atoms with Crippen molar-refractivity contribution >= 4 is 5.97 Å². The average molecular weight is 213 g/mol. The molecule has 0 bridgehead atoms. The van der Waals surface area contributed by atoms with Crippen LogP contribution in [0.15, 0.2) is 0 Å². The monoisotopic (exact) mass is 213 g/mol. The van der Waals surface area contributed by atoms with E-state index in [1.807, 2.05) is 0 Å². The predicted octanol–water partition coefficient (Wildman–Crippen LogP) is 0.462. The van der Waals surface area contributed by atoms with Crippen molar-refractivity contribution in [3.8, 4) is 0 Å². The molecule has 0 unspecified atom stereocenters. The molecule has 0 aromatic carbocycles. The van der Waals surface area contributed by atoms with E-state index in [-0.39, 0.29) is 6.54 Å². The highest BCUT2D eigenvalue weighted by Gasteiger charge is 2.44. The summed E-state index contributed by atoms with van der Waals surface area (Å²) >= 11 is 0. The number of carbonyl (C=O) groups excluding carboxylic acids is 1. The summed E-state index contributed by atoms with van der Waals surface area (Å²) in [4.78, 5) is 14.5. The molecule has 0 saturated carbocycles. The topological polar surface area (TPSA) is 49.8 Å². The first-order valence-corrected chi connectivity index (χ1v) is 4.04. The van der Waals surface area contributed by atoms with Crippen LogP contribution in [0.3, 0.4) is 0 Å². The van der Waals surface area contributed by atoms with Crippen molar-refractivity contribution in [1.82, 2.24) is 5.06 Å². The largest absolute Gasteiger partial charge is 0.492 e. The van der Waals surface area contributed by atoms with Crippen molar-refractivity contribution < 1.29 is 27.9 Å². The van der Waals surface area contributed by atoms with Crippen LogP contribution in [-0.2, 0) is 9.63 Å². The van der Waals surface area contributed by atoms with Gasteiger partial charge < -0.3 is 9.94 Å². The number of carbonyl (C=O) groups is 1. The molecule has 0 spiro atoms. The second-order valence-electron chi connectivity index (χ2n) is 3.21.